The fourth-order valence-corrected chi connectivity index (χ4v) is 5.17. The SMILES string of the molecule is O=C1CC[C@H](NCC2CCN(C3CCCC3)CC2)CCN1CC1CC1. The molecule has 0 radical (unpaired) electrons. The summed E-state index contributed by atoms with van der Waals surface area (Å²) in [5.41, 5.74) is 0. The molecule has 0 aromatic carbocycles. The van der Waals surface area contributed by atoms with Gasteiger partial charge in [0.1, 0.15) is 0 Å². The molecule has 0 aromatic heterocycles. The van der Waals surface area contributed by atoms with Crippen LogP contribution in [0.5, 0.6) is 0 Å². The van der Waals surface area contributed by atoms with Crippen molar-refractivity contribution in [3.63, 3.8) is 0 Å². The number of amides is 1. The quantitative estimate of drug-likeness (QED) is 0.802. The van der Waals surface area contributed by atoms with Gasteiger partial charge in [-0.05, 0) is 82.8 Å². The third-order valence-electron chi connectivity index (χ3n) is 7.17. The number of hydrogen-bond acceptors (Lipinski definition) is 3. The second-order valence-corrected chi connectivity index (χ2v) is 9.13. The number of carbonyl (C=O) groups is 1. The summed E-state index contributed by atoms with van der Waals surface area (Å²) in [5, 5.41) is 3.83. The van der Waals surface area contributed by atoms with Gasteiger partial charge in [-0.3, -0.25) is 4.79 Å². The van der Waals surface area contributed by atoms with Crippen molar-refractivity contribution in [2.45, 2.75) is 82.7 Å². The molecule has 0 bridgehead atoms. The fraction of sp³-hybridized carbons (Fsp3) is 0.952. The molecule has 0 unspecified atom stereocenters. The molecular weight excluding hydrogens is 310 g/mol. The van der Waals surface area contributed by atoms with Crippen LogP contribution in [0.25, 0.3) is 0 Å². The Hall–Kier alpha value is -0.610. The highest BCUT2D eigenvalue weighted by atomic mass is 16.2. The lowest BCUT2D eigenvalue weighted by Gasteiger charge is -2.36. The number of hydrogen-bond donors (Lipinski definition) is 1. The van der Waals surface area contributed by atoms with Crippen LogP contribution in [0.4, 0.5) is 0 Å². The first kappa shape index (κ1) is 17.8. The van der Waals surface area contributed by atoms with Crippen LogP contribution >= 0.6 is 0 Å². The van der Waals surface area contributed by atoms with Crippen molar-refractivity contribution in [3.05, 3.63) is 0 Å². The van der Waals surface area contributed by atoms with E-state index in [0.717, 1.165) is 50.2 Å². The molecule has 1 N–H and O–H groups in total. The Morgan fingerprint density at radius 1 is 0.840 bits per heavy atom. The molecule has 2 saturated heterocycles. The Kier molecular flexibility index (Phi) is 5.97. The van der Waals surface area contributed by atoms with Crippen molar-refractivity contribution in [2.75, 3.05) is 32.7 Å². The predicted octanol–water partition coefficient (Wildman–Crippen LogP) is 3.02. The minimum Gasteiger partial charge on any atom is -0.342 e. The second-order valence-electron chi connectivity index (χ2n) is 9.13. The number of nitrogens with zero attached hydrogens (tertiary/aromatic N) is 2. The number of nitrogens with one attached hydrogen (secondary N) is 1. The maximum Gasteiger partial charge on any atom is 0.222 e. The standard InChI is InChI=1S/C21H37N3O/c25-21-8-7-19(11-14-24(21)16-18-5-6-18)22-15-17-9-12-23(13-10-17)20-3-1-2-4-20/h17-20,22H,1-16H2/t19-/m0/s1. The van der Waals surface area contributed by atoms with E-state index in [9.17, 15) is 4.79 Å². The molecule has 4 fully saturated rings. The zero-order valence-electron chi connectivity index (χ0n) is 15.9. The van der Waals surface area contributed by atoms with Crippen LogP contribution in [0.15, 0.2) is 0 Å². The van der Waals surface area contributed by atoms with Crippen molar-refractivity contribution < 1.29 is 4.79 Å². The molecule has 2 aliphatic heterocycles. The van der Waals surface area contributed by atoms with Crippen LogP contribution in [0, 0.1) is 11.8 Å². The molecule has 0 spiro atoms. The third-order valence-corrected chi connectivity index (χ3v) is 7.17. The molecule has 142 valence electrons. The molecule has 2 heterocycles. The molecule has 2 saturated carbocycles. The highest BCUT2D eigenvalue weighted by Gasteiger charge is 2.30. The van der Waals surface area contributed by atoms with E-state index >= 15 is 0 Å². The Bertz CT molecular complexity index is 436. The van der Waals surface area contributed by atoms with Crippen molar-refractivity contribution >= 4 is 5.91 Å². The van der Waals surface area contributed by atoms with Gasteiger partial charge in [-0.1, -0.05) is 12.8 Å². The minimum atomic E-state index is 0.404. The topological polar surface area (TPSA) is 35.6 Å². The van der Waals surface area contributed by atoms with Gasteiger partial charge in [0.25, 0.3) is 0 Å². The average molecular weight is 348 g/mol. The minimum absolute atomic E-state index is 0.404. The highest BCUT2D eigenvalue weighted by Crippen LogP contribution is 2.31. The highest BCUT2D eigenvalue weighted by molar-refractivity contribution is 5.76. The van der Waals surface area contributed by atoms with E-state index in [0.29, 0.717) is 11.9 Å². The van der Waals surface area contributed by atoms with E-state index in [-0.39, 0.29) is 0 Å². The molecule has 4 heteroatoms. The zero-order chi connectivity index (χ0) is 17.1. The summed E-state index contributed by atoms with van der Waals surface area (Å²) >= 11 is 0. The van der Waals surface area contributed by atoms with Crippen LogP contribution in [0.3, 0.4) is 0 Å². The summed E-state index contributed by atoms with van der Waals surface area (Å²) in [6.07, 6.45) is 14.1. The van der Waals surface area contributed by atoms with Gasteiger partial charge in [-0.2, -0.15) is 0 Å². The summed E-state index contributed by atoms with van der Waals surface area (Å²) in [7, 11) is 0. The lowest BCUT2D eigenvalue weighted by atomic mass is 9.94. The normalized spacial score (nSPS) is 30.8. The van der Waals surface area contributed by atoms with Gasteiger partial charge < -0.3 is 15.1 Å². The molecular formula is C21H37N3O. The lowest BCUT2D eigenvalue weighted by Crippen LogP contribution is -2.43. The average Bonchev–Trinajstić information content (AvgIpc) is 3.33. The maximum atomic E-state index is 12.3. The molecule has 0 aromatic rings. The first-order valence-electron chi connectivity index (χ1n) is 11.0. The van der Waals surface area contributed by atoms with E-state index in [1.54, 1.807) is 0 Å². The van der Waals surface area contributed by atoms with Crippen molar-refractivity contribution in [1.29, 1.82) is 0 Å². The molecule has 1 amide bonds. The molecule has 4 nitrogen and oxygen atoms in total. The molecule has 25 heavy (non-hydrogen) atoms. The Labute approximate surface area is 153 Å². The Morgan fingerprint density at radius 3 is 2.32 bits per heavy atom. The summed E-state index contributed by atoms with van der Waals surface area (Å²) in [6, 6.07) is 1.46. The van der Waals surface area contributed by atoms with Gasteiger partial charge in [0, 0.05) is 31.6 Å². The summed E-state index contributed by atoms with van der Waals surface area (Å²) in [6.45, 7) is 5.81. The second kappa shape index (κ2) is 8.39. The Balaban J connectivity index is 1.15. The summed E-state index contributed by atoms with van der Waals surface area (Å²) < 4.78 is 0. The molecule has 4 aliphatic rings. The van der Waals surface area contributed by atoms with Crippen LogP contribution < -0.4 is 5.32 Å². The smallest absolute Gasteiger partial charge is 0.222 e. The van der Waals surface area contributed by atoms with E-state index in [2.05, 4.69) is 15.1 Å². The monoisotopic (exact) mass is 347 g/mol. The first-order chi connectivity index (χ1) is 12.3. The molecule has 4 rings (SSSR count). The third kappa shape index (κ3) is 4.97. The molecule has 1 atom stereocenters. The van der Waals surface area contributed by atoms with E-state index in [1.807, 2.05) is 0 Å². The fourth-order valence-electron chi connectivity index (χ4n) is 5.17. The number of carbonyl (C=O) groups excluding carboxylic acids is 1. The van der Waals surface area contributed by atoms with Crippen molar-refractivity contribution in [1.82, 2.24) is 15.1 Å². The van der Waals surface area contributed by atoms with Gasteiger partial charge in [-0.15, -0.1) is 0 Å². The number of piperidine rings is 1. The van der Waals surface area contributed by atoms with E-state index < -0.39 is 0 Å². The van der Waals surface area contributed by atoms with Gasteiger partial charge in [0.15, 0.2) is 0 Å². The predicted molar refractivity (Wildman–Crippen MR) is 101 cm³/mol. The largest absolute Gasteiger partial charge is 0.342 e. The zero-order valence-corrected chi connectivity index (χ0v) is 15.9. The van der Waals surface area contributed by atoms with Gasteiger partial charge >= 0.3 is 0 Å². The van der Waals surface area contributed by atoms with E-state index in [4.69, 9.17) is 0 Å². The van der Waals surface area contributed by atoms with Crippen molar-refractivity contribution in [2.24, 2.45) is 11.8 Å². The van der Waals surface area contributed by atoms with E-state index in [1.165, 1.54) is 71.0 Å². The summed E-state index contributed by atoms with van der Waals surface area (Å²) in [4.78, 5) is 17.2. The lowest BCUT2D eigenvalue weighted by molar-refractivity contribution is -0.130. The Morgan fingerprint density at radius 2 is 1.60 bits per heavy atom. The van der Waals surface area contributed by atoms with Crippen LogP contribution in [0.2, 0.25) is 0 Å². The number of rotatable bonds is 6. The van der Waals surface area contributed by atoms with Crippen LogP contribution in [-0.4, -0.2) is 60.5 Å². The number of likely N-dealkylation sites (tertiary alicyclic amines) is 2. The van der Waals surface area contributed by atoms with Crippen LogP contribution in [0.1, 0.15) is 70.6 Å². The maximum absolute atomic E-state index is 12.3. The van der Waals surface area contributed by atoms with Crippen molar-refractivity contribution in [3.8, 4) is 0 Å². The first-order valence-corrected chi connectivity index (χ1v) is 11.0. The summed E-state index contributed by atoms with van der Waals surface area (Å²) in [5.74, 6) is 2.07. The van der Waals surface area contributed by atoms with Gasteiger partial charge in [-0.25, -0.2) is 0 Å². The van der Waals surface area contributed by atoms with Crippen LogP contribution in [-0.2, 0) is 4.79 Å². The molecule has 2 aliphatic carbocycles. The van der Waals surface area contributed by atoms with Gasteiger partial charge in [0.2, 0.25) is 5.91 Å². The van der Waals surface area contributed by atoms with Gasteiger partial charge in [0.05, 0.1) is 0 Å².